The molecule has 112 valence electrons. The standard InChI is InChI=1S/C14H20O6/c1-9-7-6-8-13(2,10(15)18-4)14(9,3)11(16)20-12(17)19-5/h6-7,9H,8H2,1-5H3/t9-,13-,14+/m1/s1. The number of carbonyl (C=O) groups is 3. The van der Waals surface area contributed by atoms with Crippen LogP contribution in [0.4, 0.5) is 4.79 Å². The molecule has 0 fully saturated rings. The average Bonchev–Trinajstić information content (AvgIpc) is 2.43. The van der Waals surface area contributed by atoms with Crippen molar-refractivity contribution in [2.75, 3.05) is 14.2 Å². The van der Waals surface area contributed by atoms with E-state index in [9.17, 15) is 14.4 Å². The molecule has 0 radical (unpaired) electrons. The third kappa shape index (κ3) is 2.30. The molecule has 0 aromatic heterocycles. The van der Waals surface area contributed by atoms with Crippen LogP contribution in [-0.4, -0.2) is 32.3 Å². The fourth-order valence-corrected chi connectivity index (χ4v) is 2.57. The van der Waals surface area contributed by atoms with Crippen LogP contribution in [0.15, 0.2) is 12.2 Å². The van der Waals surface area contributed by atoms with Crippen molar-refractivity contribution >= 4 is 18.1 Å². The summed E-state index contributed by atoms with van der Waals surface area (Å²) in [5.74, 6) is -1.61. The molecule has 0 saturated heterocycles. The largest absolute Gasteiger partial charge is 0.515 e. The first kappa shape index (κ1) is 16.2. The number of carbonyl (C=O) groups excluding carboxylic acids is 3. The minimum atomic E-state index is -1.22. The van der Waals surface area contributed by atoms with Crippen molar-refractivity contribution < 1.29 is 28.6 Å². The van der Waals surface area contributed by atoms with Crippen molar-refractivity contribution in [3.05, 3.63) is 12.2 Å². The van der Waals surface area contributed by atoms with Gasteiger partial charge in [0.1, 0.15) is 0 Å². The second kappa shape index (κ2) is 5.64. The number of rotatable bonds is 2. The molecule has 0 amide bonds. The molecule has 3 atom stereocenters. The topological polar surface area (TPSA) is 78.9 Å². The summed E-state index contributed by atoms with van der Waals surface area (Å²) in [6.07, 6.45) is 2.89. The fourth-order valence-electron chi connectivity index (χ4n) is 2.57. The van der Waals surface area contributed by atoms with E-state index in [0.29, 0.717) is 6.42 Å². The van der Waals surface area contributed by atoms with Crippen LogP contribution in [0.2, 0.25) is 0 Å². The maximum absolute atomic E-state index is 12.4. The van der Waals surface area contributed by atoms with Crippen LogP contribution in [-0.2, 0) is 23.8 Å². The highest BCUT2D eigenvalue weighted by molar-refractivity contribution is 5.92. The number of hydrogen-bond acceptors (Lipinski definition) is 6. The predicted octanol–water partition coefficient (Wildman–Crippen LogP) is 2.08. The summed E-state index contributed by atoms with van der Waals surface area (Å²) < 4.78 is 13.8. The molecule has 6 heteroatoms. The van der Waals surface area contributed by atoms with E-state index >= 15 is 0 Å². The SMILES string of the molecule is COC(=O)OC(=O)[C@]1(C)[C@H](C)C=CC[C@]1(C)C(=O)OC. The van der Waals surface area contributed by atoms with E-state index in [-0.39, 0.29) is 5.92 Å². The van der Waals surface area contributed by atoms with Gasteiger partial charge in [-0.2, -0.15) is 0 Å². The summed E-state index contributed by atoms with van der Waals surface area (Å²) in [6, 6.07) is 0. The van der Waals surface area contributed by atoms with Gasteiger partial charge in [0.25, 0.3) is 0 Å². The lowest BCUT2D eigenvalue weighted by Gasteiger charge is -2.46. The second-order valence-electron chi connectivity index (χ2n) is 5.29. The maximum Gasteiger partial charge on any atom is 0.515 e. The predicted molar refractivity (Wildman–Crippen MR) is 69.6 cm³/mol. The quantitative estimate of drug-likeness (QED) is 0.439. The molecular formula is C14H20O6. The molecule has 0 unspecified atom stereocenters. The molecule has 1 rings (SSSR count). The van der Waals surface area contributed by atoms with E-state index < -0.39 is 28.9 Å². The number of allylic oxidation sites excluding steroid dienone is 2. The molecule has 0 heterocycles. The highest BCUT2D eigenvalue weighted by atomic mass is 16.7. The molecule has 6 nitrogen and oxygen atoms in total. The van der Waals surface area contributed by atoms with Crippen LogP contribution in [0.1, 0.15) is 27.2 Å². The molecule has 1 aliphatic carbocycles. The Labute approximate surface area is 118 Å². The summed E-state index contributed by atoms with van der Waals surface area (Å²) in [6.45, 7) is 5.02. The van der Waals surface area contributed by atoms with E-state index in [1.54, 1.807) is 20.8 Å². The van der Waals surface area contributed by atoms with Crippen LogP contribution in [0.3, 0.4) is 0 Å². The first-order chi connectivity index (χ1) is 9.23. The lowest BCUT2D eigenvalue weighted by molar-refractivity contribution is -0.178. The molecular weight excluding hydrogens is 264 g/mol. The van der Waals surface area contributed by atoms with Gasteiger partial charge in [0.15, 0.2) is 0 Å². The van der Waals surface area contributed by atoms with Gasteiger partial charge in [-0.25, -0.2) is 4.79 Å². The van der Waals surface area contributed by atoms with Crippen molar-refractivity contribution in [2.24, 2.45) is 16.7 Å². The molecule has 0 N–H and O–H groups in total. The Kier molecular flexibility index (Phi) is 4.57. The van der Waals surface area contributed by atoms with Gasteiger partial charge in [0.2, 0.25) is 0 Å². The molecule has 1 aliphatic rings. The number of esters is 2. The number of methoxy groups -OCH3 is 2. The zero-order chi connectivity index (χ0) is 15.6. The van der Waals surface area contributed by atoms with Crippen molar-refractivity contribution in [2.45, 2.75) is 27.2 Å². The second-order valence-corrected chi connectivity index (χ2v) is 5.29. The van der Waals surface area contributed by atoms with E-state index in [0.717, 1.165) is 7.11 Å². The Hall–Kier alpha value is -1.85. The van der Waals surface area contributed by atoms with Gasteiger partial charge in [-0.1, -0.05) is 19.1 Å². The van der Waals surface area contributed by atoms with Gasteiger partial charge >= 0.3 is 18.1 Å². The summed E-state index contributed by atoms with van der Waals surface area (Å²) in [5, 5.41) is 0. The molecule has 0 spiro atoms. The third-order valence-corrected chi connectivity index (χ3v) is 4.41. The van der Waals surface area contributed by atoms with Crippen LogP contribution in [0.5, 0.6) is 0 Å². The lowest BCUT2D eigenvalue weighted by atomic mass is 9.55. The Balaban J connectivity index is 3.24. The maximum atomic E-state index is 12.4. The van der Waals surface area contributed by atoms with Gasteiger partial charge in [0.05, 0.1) is 25.0 Å². The normalized spacial score (nSPS) is 32.4. The summed E-state index contributed by atoms with van der Waals surface area (Å²) >= 11 is 0. The third-order valence-electron chi connectivity index (χ3n) is 4.41. The number of hydrogen-bond donors (Lipinski definition) is 0. The van der Waals surface area contributed by atoms with E-state index in [1.807, 2.05) is 12.2 Å². The summed E-state index contributed by atoms with van der Waals surface area (Å²) in [7, 11) is 2.38. The fraction of sp³-hybridized carbons (Fsp3) is 0.643. The van der Waals surface area contributed by atoms with Crippen LogP contribution >= 0.6 is 0 Å². The lowest BCUT2D eigenvalue weighted by Crippen LogP contribution is -2.55. The first-order valence-electron chi connectivity index (χ1n) is 6.29. The monoisotopic (exact) mass is 284 g/mol. The van der Waals surface area contributed by atoms with Crippen molar-refractivity contribution in [3.63, 3.8) is 0 Å². The molecule has 0 aromatic carbocycles. The molecule has 0 aliphatic heterocycles. The van der Waals surface area contributed by atoms with E-state index in [1.165, 1.54) is 7.11 Å². The van der Waals surface area contributed by atoms with Gasteiger partial charge in [-0.3, -0.25) is 9.59 Å². The smallest absolute Gasteiger partial charge is 0.469 e. The molecule has 20 heavy (non-hydrogen) atoms. The van der Waals surface area contributed by atoms with Crippen molar-refractivity contribution in [3.8, 4) is 0 Å². The average molecular weight is 284 g/mol. The van der Waals surface area contributed by atoms with Crippen LogP contribution in [0.25, 0.3) is 0 Å². The van der Waals surface area contributed by atoms with E-state index in [2.05, 4.69) is 9.47 Å². The van der Waals surface area contributed by atoms with Crippen molar-refractivity contribution in [1.29, 1.82) is 0 Å². The highest BCUT2D eigenvalue weighted by Crippen LogP contribution is 2.52. The van der Waals surface area contributed by atoms with E-state index in [4.69, 9.17) is 4.74 Å². The van der Waals surface area contributed by atoms with Crippen molar-refractivity contribution in [1.82, 2.24) is 0 Å². The molecule has 0 bridgehead atoms. The van der Waals surface area contributed by atoms with Gasteiger partial charge in [-0.05, 0) is 26.2 Å². The molecule has 0 saturated carbocycles. The Morgan fingerprint density at radius 2 is 1.70 bits per heavy atom. The minimum Gasteiger partial charge on any atom is -0.469 e. The molecule has 0 aromatic rings. The highest BCUT2D eigenvalue weighted by Gasteiger charge is 2.60. The van der Waals surface area contributed by atoms with Crippen LogP contribution in [0, 0.1) is 16.7 Å². The zero-order valence-corrected chi connectivity index (χ0v) is 12.4. The Morgan fingerprint density at radius 1 is 1.10 bits per heavy atom. The van der Waals surface area contributed by atoms with Gasteiger partial charge < -0.3 is 14.2 Å². The first-order valence-corrected chi connectivity index (χ1v) is 6.29. The summed E-state index contributed by atoms with van der Waals surface area (Å²) in [4.78, 5) is 35.7. The minimum absolute atomic E-state index is 0.294. The summed E-state index contributed by atoms with van der Waals surface area (Å²) in [5.41, 5.74) is -2.33. The van der Waals surface area contributed by atoms with Crippen LogP contribution < -0.4 is 0 Å². The van der Waals surface area contributed by atoms with Gasteiger partial charge in [0, 0.05) is 0 Å². The van der Waals surface area contributed by atoms with Gasteiger partial charge in [-0.15, -0.1) is 0 Å². The Morgan fingerprint density at radius 3 is 2.20 bits per heavy atom. The Bertz CT molecular complexity index is 455. The number of ether oxygens (including phenoxy) is 3. The zero-order valence-electron chi connectivity index (χ0n) is 12.4.